The van der Waals surface area contributed by atoms with E-state index in [9.17, 15) is 0 Å². The van der Waals surface area contributed by atoms with Crippen LogP contribution in [0.5, 0.6) is 11.5 Å². The van der Waals surface area contributed by atoms with Crippen molar-refractivity contribution in [2.24, 2.45) is 0 Å². The minimum absolute atomic E-state index is 0.409. The third-order valence-electron chi connectivity index (χ3n) is 2.50. The maximum absolute atomic E-state index is 5.70. The van der Waals surface area contributed by atoms with Gasteiger partial charge in [-0.15, -0.1) is 11.6 Å². The quantitative estimate of drug-likeness (QED) is 0.797. The van der Waals surface area contributed by atoms with Crippen molar-refractivity contribution < 1.29 is 9.47 Å². The summed E-state index contributed by atoms with van der Waals surface area (Å²) in [5.41, 5.74) is 1.76. The fourth-order valence-corrected chi connectivity index (χ4v) is 1.69. The van der Waals surface area contributed by atoms with E-state index >= 15 is 0 Å². The summed E-state index contributed by atoms with van der Waals surface area (Å²) in [4.78, 5) is 8.52. The molecule has 0 spiro atoms. The van der Waals surface area contributed by atoms with Crippen LogP contribution in [0.3, 0.4) is 0 Å². The van der Waals surface area contributed by atoms with E-state index in [-0.39, 0.29) is 0 Å². The molecule has 0 aliphatic heterocycles. The van der Waals surface area contributed by atoms with Gasteiger partial charge in [-0.3, -0.25) is 0 Å². The highest BCUT2D eigenvalue weighted by Gasteiger charge is 2.07. The van der Waals surface area contributed by atoms with Gasteiger partial charge in [0.2, 0.25) is 0 Å². The summed E-state index contributed by atoms with van der Waals surface area (Å²) >= 11 is 5.70. The number of benzene rings is 1. The van der Waals surface area contributed by atoms with E-state index in [0.29, 0.717) is 23.2 Å². The molecule has 0 N–H and O–H groups in total. The molecule has 0 bridgehead atoms. The molecule has 0 aliphatic rings. The average Bonchev–Trinajstić information content (AvgIpc) is 2.46. The lowest BCUT2D eigenvalue weighted by Gasteiger charge is -2.08. The first-order valence-corrected chi connectivity index (χ1v) is 5.91. The smallest absolute Gasteiger partial charge is 0.161 e. The first-order valence-electron chi connectivity index (χ1n) is 5.37. The number of halogens is 1. The number of hydrogen-bond donors (Lipinski definition) is 0. The Kier molecular flexibility index (Phi) is 3.99. The molecule has 18 heavy (non-hydrogen) atoms. The van der Waals surface area contributed by atoms with E-state index in [2.05, 4.69) is 9.97 Å². The first-order chi connectivity index (χ1) is 8.78. The van der Waals surface area contributed by atoms with Crippen LogP contribution in [0.2, 0.25) is 0 Å². The predicted molar refractivity (Wildman–Crippen MR) is 70.1 cm³/mol. The summed E-state index contributed by atoms with van der Waals surface area (Å²) in [5.74, 6) is 2.37. The van der Waals surface area contributed by atoms with Crippen molar-refractivity contribution in [1.29, 1.82) is 0 Å². The van der Waals surface area contributed by atoms with Gasteiger partial charge in [0.15, 0.2) is 17.3 Å². The first kappa shape index (κ1) is 12.6. The number of hydrogen-bond acceptors (Lipinski definition) is 4. The van der Waals surface area contributed by atoms with Gasteiger partial charge in [0.25, 0.3) is 0 Å². The van der Waals surface area contributed by atoms with Crippen LogP contribution in [0.1, 0.15) is 5.56 Å². The van der Waals surface area contributed by atoms with Crippen molar-refractivity contribution in [1.82, 2.24) is 9.97 Å². The number of nitrogens with zero attached hydrogens (tertiary/aromatic N) is 2. The summed E-state index contributed by atoms with van der Waals surface area (Å²) < 4.78 is 10.4. The van der Waals surface area contributed by atoms with Gasteiger partial charge in [0.1, 0.15) is 0 Å². The molecule has 0 radical (unpaired) electrons. The van der Waals surface area contributed by atoms with Gasteiger partial charge in [0, 0.05) is 23.5 Å². The number of methoxy groups -OCH3 is 2. The summed E-state index contributed by atoms with van der Waals surface area (Å²) in [6.07, 6.45) is 3.43. The Labute approximate surface area is 111 Å². The third kappa shape index (κ3) is 2.54. The molecular formula is C13H13ClN2O2. The molecule has 0 saturated carbocycles. The van der Waals surface area contributed by atoms with Crippen molar-refractivity contribution in [2.75, 3.05) is 14.2 Å². The third-order valence-corrected chi connectivity index (χ3v) is 2.81. The van der Waals surface area contributed by atoms with Gasteiger partial charge in [-0.05, 0) is 18.2 Å². The molecule has 1 aromatic carbocycles. The van der Waals surface area contributed by atoms with E-state index in [4.69, 9.17) is 21.1 Å². The normalized spacial score (nSPS) is 10.2. The van der Waals surface area contributed by atoms with Crippen LogP contribution in [0.25, 0.3) is 11.4 Å². The number of rotatable bonds is 4. The molecule has 0 aliphatic carbocycles. The van der Waals surface area contributed by atoms with Crippen LogP contribution in [-0.2, 0) is 5.88 Å². The highest BCUT2D eigenvalue weighted by atomic mass is 35.5. The SMILES string of the molecule is COc1ccc(-c2ncc(CCl)cn2)cc1OC. The van der Waals surface area contributed by atoms with Crippen LogP contribution >= 0.6 is 11.6 Å². The molecule has 0 atom stereocenters. The Hall–Kier alpha value is -1.81. The summed E-state index contributed by atoms with van der Waals surface area (Å²) in [7, 11) is 3.20. The van der Waals surface area contributed by atoms with Crippen LogP contribution in [0, 0.1) is 0 Å². The van der Waals surface area contributed by atoms with Crippen LogP contribution in [0.4, 0.5) is 0 Å². The number of aromatic nitrogens is 2. The molecule has 5 heteroatoms. The van der Waals surface area contributed by atoms with E-state index in [1.54, 1.807) is 26.6 Å². The fourth-order valence-electron chi connectivity index (χ4n) is 1.55. The molecule has 1 heterocycles. The lowest BCUT2D eigenvalue weighted by atomic mass is 10.2. The molecule has 0 unspecified atom stereocenters. The molecule has 2 rings (SSSR count). The van der Waals surface area contributed by atoms with E-state index in [0.717, 1.165) is 11.1 Å². The van der Waals surface area contributed by atoms with Gasteiger partial charge in [-0.25, -0.2) is 9.97 Å². The minimum atomic E-state index is 0.409. The molecule has 94 valence electrons. The molecule has 1 aromatic heterocycles. The topological polar surface area (TPSA) is 44.2 Å². The van der Waals surface area contributed by atoms with Gasteiger partial charge >= 0.3 is 0 Å². The zero-order valence-corrected chi connectivity index (χ0v) is 10.9. The Bertz CT molecular complexity index is 529. The van der Waals surface area contributed by atoms with Crippen LogP contribution < -0.4 is 9.47 Å². The Morgan fingerprint density at radius 3 is 2.28 bits per heavy atom. The lowest BCUT2D eigenvalue weighted by molar-refractivity contribution is 0.355. The lowest BCUT2D eigenvalue weighted by Crippen LogP contribution is -1.94. The summed E-state index contributed by atoms with van der Waals surface area (Å²) in [6.45, 7) is 0. The molecule has 4 nitrogen and oxygen atoms in total. The summed E-state index contributed by atoms with van der Waals surface area (Å²) in [6, 6.07) is 5.55. The second-order valence-electron chi connectivity index (χ2n) is 3.62. The Morgan fingerprint density at radius 2 is 1.72 bits per heavy atom. The second kappa shape index (κ2) is 5.69. The van der Waals surface area contributed by atoms with Crippen molar-refractivity contribution >= 4 is 11.6 Å². The van der Waals surface area contributed by atoms with Gasteiger partial charge in [-0.2, -0.15) is 0 Å². The highest BCUT2D eigenvalue weighted by Crippen LogP contribution is 2.30. The number of alkyl halides is 1. The van der Waals surface area contributed by atoms with Gasteiger partial charge in [0.05, 0.1) is 20.1 Å². The zero-order valence-electron chi connectivity index (χ0n) is 10.2. The van der Waals surface area contributed by atoms with Gasteiger partial charge < -0.3 is 9.47 Å². The fraction of sp³-hybridized carbons (Fsp3) is 0.231. The van der Waals surface area contributed by atoms with Crippen LogP contribution in [0.15, 0.2) is 30.6 Å². The van der Waals surface area contributed by atoms with Crippen molar-refractivity contribution in [3.05, 3.63) is 36.2 Å². The molecule has 0 amide bonds. The maximum Gasteiger partial charge on any atom is 0.161 e. The largest absolute Gasteiger partial charge is 0.493 e. The monoisotopic (exact) mass is 264 g/mol. The van der Waals surface area contributed by atoms with E-state index < -0.39 is 0 Å². The second-order valence-corrected chi connectivity index (χ2v) is 3.89. The van der Waals surface area contributed by atoms with Crippen molar-refractivity contribution in [3.63, 3.8) is 0 Å². The van der Waals surface area contributed by atoms with E-state index in [1.807, 2.05) is 18.2 Å². The molecular weight excluding hydrogens is 252 g/mol. The summed E-state index contributed by atoms with van der Waals surface area (Å²) in [5, 5.41) is 0. The standard InChI is InChI=1S/C13H13ClN2O2/c1-17-11-4-3-10(5-12(11)18-2)13-15-7-9(6-14)8-16-13/h3-5,7-8H,6H2,1-2H3. The average molecular weight is 265 g/mol. The zero-order chi connectivity index (χ0) is 13.0. The van der Waals surface area contributed by atoms with Crippen LogP contribution in [-0.4, -0.2) is 24.2 Å². The van der Waals surface area contributed by atoms with Gasteiger partial charge in [-0.1, -0.05) is 0 Å². The minimum Gasteiger partial charge on any atom is -0.493 e. The highest BCUT2D eigenvalue weighted by molar-refractivity contribution is 6.17. The Balaban J connectivity index is 2.37. The molecule has 0 fully saturated rings. The number of ether oxygens (including phenoxy) is 2. The molecule has 0 saturated heterocycles. The van der Waals surface area contributed by atoms with E-state index in [1.165, 1.54) is 0 Å². The maximum atomic E-state index is 5.70. The molecule has 2 aromatic rings. The van der Waals surface area contributed by atoms with Crippen molar-refractivity contribution in [2.45, 2.75) is 5.88 Å². The predicted octanol–water partition coefficient (Wildman–Crippen LogP) is 2.90. The van der Waals surface area contributed by atoms with Crippen molar-refractivity contribution in [3.8, 4) is 22.9 Å². The Morgan fingerprint density at radius 1 is 1.06 bits per heavy atom.